The summed E-state index contributed by atoms with van der Waals surface area (Å²) >= 11 is 4.97. The lowest BCUT2D eigenvalue weighted by Gasteiger charge is -2.31. The molecular formula is C10H11BrFNS. The predicted molar refractivity (Wildman–Crippen MR) is 62.5 cm³/mol. The van der Waals surface area contributed by atoms with Crippen LogP contribution < -0.4 is 5.32 Å². The molecule has 1 aromatic rings. The third-order valence-electron chi connectivity index (χ3n) is 2.11. The molecule has 0 aliphatic carbocycles. The van der Waals surface area contributed by atoms with Gasteiger partial charge in [0.15, 0.2) is 0 Å². The molecule has 0 fully saturated rings. The summed E-state index contributed by atoms with van der Waals surface area (Å²) in [5, 5.41) is 3.24. The molecule has 0 bridgehead atoms. The molecule has 1 aromatic carbocycles. The minimum Gasteiger partial charge on any atom is -0.383 e. The number of rotatable bonds is 0. The van der Waals surface area contributed by atoms with E-state index in [0.29, 0.717) is 4.47 Å². The van der Waals surface area contributed by atoms with Gasteiger partial charge in [-0.3, -0.25) is 0 Å². The van der Waals surface area contributed by atoms with Gasteiger partial charge in [-0.05, 0) is 41.9 Å². The summed E-state index contributed by atoms with van der Waals surface area (Å²) in [6.07, 6.45) is 0. The Labute approximate surface area is 95.6 Å². The standard InChI is InChI=1S/C10H11BrFNS/c1-10(2)5-13-8-4-7(12)6(11)3-9(8)14-10/h3-4,13H,5H2,1-2H3. The second kappa shape index (κ2) is 3.42. The molecule has 0 radical (unpaired) electrons. The van der Waals surface area contributed by atoms with Crippen molar-refractivity contribution < 1.29 is 4.39 Å². The fourth-order valence-corrected chi connectivity index (χ4v) is 3.05. The number of hydrogen-bond donors (Lipinski definition) is 1. The fourth-order valence-electron chi connectivity index (χ4n) is 1.39. The van der Waals surface area contributed by atoms with E-state index in [4.69, 9.17) is 0 Å². The average Bonchev–Trinajstić information content (AvgIpc) is 2.07. The highest BCUT2D eigenvalue weighted by atomic mass is 79.9. The fraction of sp³-hybridized carbons (Fsp3) is 0.400. The van der Waals surface area contributed by atoms with E-state index < -0.39 is 0 Å². The molecule has 1 aliphatic heterocycles. The van der Waals surface area contributed by atoms with Crippen molar-refractivity contribution in [2.45, 2.75) is 23.5 Å². The van der Waals surface area contributed by atoms with Crippen LogP contribution in [0, 0.1) is 5.82 Å². The Kier molecular flexibility index (Phi) is 2.52. The van der Waals surface area contributed by atoms with Crippen molar-refractivity contribution in [1.29, 1.82) is 0 Å². The summed E-state index contributed by atoms with van der Waals surface area (Å²) < 4.78 is 13.9. The second-order valence-electron chi connectivity index (χ2n) is 3.98. The highest BCUT2D eigenvalue weighted by molar-refractivity contribution is 9.10. The topological polar surface area (TPSA) is 12.0 Å². The first kappa shape index (κ1) is 10.3. The Morgan fingerprint density at radius 3 is 2.93 bits per heavy atom. The van der Waals surface area contributed by atoms with E-state index in [-0.39, 0.29) is 10.6 Å². The maximum atomic E-state index is 13.2. The van der Waals surface area contributed by atoms with Crippen LogP contribution in [0.1, 0.15) is 13.8 Å². The van der Waals surface area contributed by atoms with Crippen molar-refractivity contribution in [3.8, 4) is 0 Å². The quantitative estimate of drug-likeness (QED) is 0.771. The number of anilines is 1. The number of hydrogen-bond acceptors (Lipinski definition) is 2. The molecule has 0 saturated heterocycles. The first-order valence-corrected chi connectivity index (χ1v) is 6.01. The van der Waals surface area contributed by atoms with Crippen LogP contribution in [0.5, 0.6) is 0 Å². The zero-order chi connectivity index (χ0) is 10.3. The third kappa shape index (κ3) is 1.91. The largest absolute Gasteiger partial charge is 0.383 e. The van der Waals surface area contributed by atoms with Gasteiger partial charge in [0.05, 0.1) is 10.2 Å². The van der Waals surface area contributed by atoms with Gasteiger partial charge in [0.2, 0.25) is 0 Å². The summed E-state index contributed by atoms with van der Waals surface area (Å²) in [7, 11) is 0. The van der Waals surface area contributed by atoms with Crippen molar-refractivity contribution >= 4 is 33.4 Å². The van der Waals surface area contributed by atoms with Crippen LogP contribution >= 0.6 is 27.7 Å². The predicted octanol–water partition coefficient (Wildman–Crippen LogP) is 3.88. The van der Waals surface area contributed by atoms with Crippen LogP contribution in [0.4, 0.5) is 10.1 Å². The second-order valence-corrected chi connectivity index (χ2v) is 6.58. The van der Waals surface area contributed by atoms with Gasteiger partial charge in [0, 0.05) is 16.2 Å². The lowest BCUT2D eigenvalue weighted by Crippen LogP contribution is -2.30. The van der Waals surface area contributed by atoms with Crippen LogP contribution in [0.2, 0.25) is 0 Å². The normalized spacial score (nSPS) is 18.6. The maximum Gasteiger partial charge on any atom is 0.139 e. The molecule has 1 N–H and O–H groups in total. The Bertz CT molecular complexity index is 379. The van der Waals surface area contributed by atoms with Crippen LogP contribution in [0.3, 0.4) is 0 Å². The molecule has 0 spiro atoms. The molecule has 2 rings (SSSR count). The number of benzene rings is 1. The highest BCUT2D eigenvalue weighted by Gasteiger charge is 2.26. The minimum atomic E-state index is -0.212. The monoisotopic (exact) mass is 275 g/mol. The molecule has 0 amide bonds. The molecule has 14 heavy (non-hydrogen) atoms. The van der Waals surface area contributed by atoms with Gasteiger partial charge >= 0.3 is 0 Å². The molecule has 1 aliphatic rings. The van der Waals surface area contributed by atoms with E-state index in [1.807, 2.05) is 6.07 Å². The smallest absolute Gasteiger partial charge is 0.139 e. The Balaban J connectivity index is 2.43. The molecule has 0 atom stereocenters. The maximum absolute atomic E-state index is 13.2. The molecule has 0 aromatic heterocycles. The van der Waals surface area contributed by atoms with E-state index >= 15 is 0 Å². The van der Waals surface area contributed by atoms with Crippen molar-refractivity contribution in [3.63, 3.8) is 0 Å². The van der Waals surface area contributed by atoms with Gasteiger partial charge in [-0.1, -0.05) is 0 Å². The summed E-state index contributed by atoms with van der Waals surface area (Å²) in [4.78, 5) is 1.11. The van der Waals surface area contributed by atoms with Gasteiger partial charge in [-0.25, -0.2) is 4.39 Å². The zero-order valence-electron chi connectivity index (χ0n) is 8.03. The van der Waals surface area contributed by atoms with Crippen molar-refractivity contribution in [3.05, 3.63) is 22.4 Å². The first-order valence-electron chi connectivity index (χ1n) is 4.40. The number of nitrogens with one attached hydrogen (secondary N) is 1. The summed E-state index contributed by atoms with van der Waals surface area (Å²) in [5.41, 5.74) is 0.898. The van der Waals surface area contributed by atoms with E-state index in [2.05, 4.69) is 35.1 Å². The van der Waals surface area contributed by atoms with Crippen molar-refractivity contribution in [2.75, 3.05) is 11.9 Å². The van der Waals surface area contributed by atoms with Crippen molar-refractivity contribution in [2.24, 2.45) is 0 Å². The average molecular weight is 276 g/mol. The zero-order valence-corrected chi connectivity index (χ0v) is 10.4. The molecule has 0 unspecified atom stereocenters. The highest BCUT2D eigenvalue weighted by Crippen LogP contribution is 2.42. The first-order chi connectivity index (χ1) is 6.48. The lowest BCUT2D eigenvalue weighted by molar-refractivity contribution is 0.619. The Morgan fingerprint density at radius 1 is 1.50 bits per heavy atom. The van der Waals surface area contributed by atoms with Crippen LogP contribution in [-0.2, 0) is 0 Å². The summed E-state index contributed by atoms with van der Waals surface area (Å²) in [6, 6.07) is 3.38. The number of fused-ring (bicyclic) bond motifs is 1. The molecular weight excluding hydrogens is 265 g/mol. The number of thioether (sulfide) groups is 1. The third-order valence-corrected chi connectivity index (χ3v) is 3.98. The van der Waals surface area contributed by atoms with Crippen LogP contribution in [0.15, 0.2) is 21.5 Å². The molecule has 1 nitrogen and oxygen atoms in total. The summed E-state index contributed by atoms with van der Waals surface area (Å²) in [5.74, 6) is -0.212. The molecule has 4 heteroatoms. The van der Waals surface area contributed by atoms with Gasteiger partial charge in [-0.2, -0.15) is 0 Å². The van der Waals surface area contributed by atoms with Crippen LogP contribution in [0.25, 0.3) is 0 Å². The van der Waals surface area contributed by atoms with E-state index in [9.17, 15) is 4.39 Å². The van der Waals surface area contributed by atoms with Gasteiger partial charge in [0.25, 0.3) is 0 Å². The Hall–Kier alpha value is -0.220. The summed E-state index contributed by atoms with van der Waals surface area (Å²) in [6.45, 7) is 5.21. The Morgan fingerprint density at radius 2 is 2.21 bits per heavy atom. The molecule has 1 heterocycles. The van der Waals surface area contributed by atoms with E-state index in [0.717, 1.165) is 17.1 Å². The van der Waals surface area contributed by atoms with Gasteiger partial charge in [0.1, 0.15) is 5.82 Å². The van der Waals surface area contributed by atoms with E-state index in [1.54, 1.807) is 17.8 Å². The van der Waals surface area contributed by atoms with Gasteiger partial charge < -0.3 is 5.32 Å². The van der Waals surface area contributed by atoms with Crippen LogP contribution in [-0.4, -0.2) is 11.3 Å². The molecule has 76 valence electrons. The molecule has 0 saturated carbocycles. The SMILES string of the molecule is CC1(C)CNc2cc(F)c(Br)cc2S1. The minimum absolute atomic E-state index is 0.171. The number of halogens is 2. The lowest BCUT2D eigenvalue weighted by atomic mass is 10.2. The van der Waals surface area contributed by atoms with Gasteiger partial charge in [-0.15, -0.1) is 11.8 Å². The van der Waals surface area contributed by atoms with E-state index in [1.165, 1.54) is 0 Å². The van der Waals surface area contributed by atoms with Crippen molar-refractivity contribution in [1.82, 2.24) is 0 Å².